The van der Waals surface area contributed by atoms with E-state index in [1.807, 2.05) is 0 Å². The van der Waals surface area contributed by atoms with Crippen molar-refractivity contribution in [3.8, 4) is 0 Å². The van der Waals surface area contributed by atoms with Crippen molar-refractivity contribution in [2.24, 2.45) is 0 Å². The molecular weight excluding hydrogens is 329 g/mol. The Balaban J connectivity index is 1.67. The topological polar surface area (TPSA) is 93.3 Å². The largest absolute Gasteiger partial charge is 0.333 e. The molecule has 1 N–H and O–H groups in total. The Morgan fingerprint density at radius 1 is 1.48 bits per heavy atom. The number of aryl methyl sites for hydroxylation is 1. The first-order chi connectivity index (χ1) is 12.0. The fraction of sp³-hybridized carbons (Fsp3) is 0.375. The van der Waals surface area contributed by atoms with E-state index in [-0.39, 0.29) is 36.4 Å². The molecular formula is C16H18FN5O3. The number of amides is 1. The number of hydrogen-bond donors (Lipinski definition) is 1. The highest BCUT2D eigenvalue weighted by Crippen LogP contribution is 2.23. The van der Waals surface area contributed by atoms with Gasteiger partial charge in [0, 0.05) is 32.6 Å². The third kappa shape index (κ3) is 4.00. The fourth-order valence-corrected chi connectivity index (χ4v) is 2.94. The summed E-state index contributed by atoms with van der Waals surface area (Å²) in [6.07, 6.45) is 2.63. The molecule has 1 fully saturated rings. The maximum atomic E-state index is 13.5. The summed E-state index contributed by atoms with van der Waals surface area (Å²) < 4.78 is 14.9. The van der Waals surface area contributed by atoms with Crippen molar-refractivity contribution in [3.63, 3.8) is 0 Å². The Morgan fingerprint density at radius 3 is 3.04 bits per heavy atom. The lowest BCUT2D eigenvalue weighted by molar-refractivity contribution is -0.385. The smallest absolute Gasteiger partial charge is 0.306 e. The number of piperazine rings is 1. The lowest BCUT2D eigenvalue weighted by Gasteiger charge is -2.36. The maximum Gasteiger partial charge on any atom is 0.306 e. The molecule has 1 aliphatic rings. The summed E-state index contributed by atoms with van der Waals surface area (Å²) in [5, 5.41) is 17.8. The minimum Gasteiger partial charge on any atom is -0.333 e. The van der Waals surface area contributed by atoms with Crippen molar-refractivity contribution in [1.82, 2.24) is 20.0 Å². The number of rotatable bonds is 5. The molecule has 1 aromatic heterocycles. The van der Waals surface area contributed by atoms with Crippen molar-refractivity contribution < 1.29 is 14.1 Å². The van der Waals surface area contributed by atoms with E-state index in [2.05, 4.69) is 10.4 Å². The van der Waals surface area contributed by atoms with Crippen molar-refractivity contribution in [2.75, 3.05) is 19.6 Å². The average molecular weight is 347 g/mol. The van der Waals surface area contributed by atoms with Gasteiger partial charge in [0.2, 0.25) is 5.91 Å². The van der Waals surface area contributed by atoms with Crippen LogP contribution in [-0.2, 0) is 11.3 Å². The van der Waals surface area contributed by atoms with Gasteiger partial charge in [-0.1, -0.05) is 12.1 Å². The minimum atomic E-state index is -0.526. The molecule has 1 aliphatic heterocycles. The van der Waals surface area contributed by atoms with E-state index in [0.29, 0.717) is 19.6 Å². The number of benzene rings is 1. The predicted molar refractivity (Wildman–Crippen MR) is 87.2 cm³/mol. The van der Waals surface area contributed by atoms with E-state index in [1.54, 1.807) is 17.0 Å². The van der Waals surface area contributed by atoms with Crippen LogP contribution in [0.15, 0.2) is 36.7 Å². The zero-order valence-electron chi connectivity index (χ0n) is 13.5. The van der Waals surface area contributed by atoms with E-state index < -0.39 is 4.92 Å². The first-order valence-electron chi connectivity index (χ1n) is 7.97. The van der Waals surface area contributed by atoms with Crippen LogP contribution in [0.5, 0.6) is 0 Å². The molecule has 1 amide bonds. The molecule has 0 saturated carbocycles. The zero-order valence-corrected chi connectivity index (χ0v) is 13.5. The molecule has 132 valence electrons. The summed E-state index contributed by atoms with van der Waals surface area (Å²) in [7, 11) is 0. The van der Waals surface area contributed by atoms with Crippen LogP contribution in [0.2, 0.25) is 0 Å². The SMILES string of the molecule is O=C(CCn1cc([N+](=O)[O-])cn1)N1CCNCC1c1cccc(F)c1. The van der Waals surface area contributed by atoms with E-state index in [1.165, 1.54) is 23.0 Å². The summed E-state index contributed by atoms with van der Waals surface area (Å²) in [6, 6.07) is 6.01. The number of carbonyl (C=O) groups excluding carboxylic acids is 1. The molecule has 2 heterocycles. The number of aromatic nitrogens is 2. The number of nitrogens with one attached hydrogen (secondary N) is 1. The molecule has 2 aromatic rings. The van der Waals surface area contributed by atoms with Crippen LogP contribution < -0.4 is 5.32 Å². The first kappa shape index (κ1) is 17.0. The Morgan fingerprint density at radius 2 is 2.32 bits per heavy atom. The Hall–Kier alpha value is -2.81. The van der Waals surface area contributed by atoms with Gasteiger partial charge in [-0.05, 0) is 17.7 Å². The third-order valence-electron chi connectivity index (χ3n) is 4.18. The predicted octanol–water partition coefficient (Wildman–Crippen LogP) is 1.49. The molecule has 3 rings (SSSR count). The van der Waals surface area contributed by atoms with Crippen LogP contribution in [0.3, 0.4) is 0 Å². The highest BCUT2D eigenvalue weighted by atomic mass is 19.1. The van der Waals surface area contributed by atoms with Gasteiger partial charge < -0.3 is 10.2 Å². The summed E-state index contributed by atoms with van der Waals surface area (Å²) in [4.78, 5) is 24.5. The molecule has 25 heavy (non-hydrogen) atoms. The van der Waals surface area contributed by atoms with E-state index >= 15 is 0 Å². The van der Waals surface area contributed by atoms with Gasteiger partial charge in [0.25, 0.3) is 0 Å². The number of carbonyl (C=O) groups is 1. The molecule has 1 unspecified atom stereocenters. The molecule has 0 bridgehead atoms. The average Bonchev–Trinajstić information content (AvgIpc) is 3.09. The van der Waals surface area contributed by atoms with Crippen LogP contribution in [0.4, 0.5) is 10.1 Å². The number of nitrogens with zero attached hydrogens (tertiary/aromatic N) is 4. The fourth-order valence-electron chi connectivity index (χ4n) is 2.94. The lowest BCUT2D eigenvalue weighted by atomic mass is 10.0. The molecule has 0 radical (unpaired) electrons. The van der Waals surface area contributed by atoms with Gasteiger partial charge in [0.15, 0.2) is 0 Å². The lowest BCUT2D eigenvalue weighted by Crippen LogP contribution is -2.48. The standard InChI is InChI=1S/C16H18FN5O3/c17-13-3-1-2-12(8-13)15-10-18-5-7-21(15)16(23)4-6-20-11-14(9-19-20)22(24)25/h1-3,8-9,11,15,18H,4-7,10H2. The number of hydrogen-bond acceptors (Lipinski definition) is 5. The van der Waals surface area contributed by atoms with E-state index in [9.17, 15) is 19.3 Å². The summed E-state index contributed by atoms with van der Waals surface area (Å²) in [5.74, 6) is -0.423. The first-order valence-corrected chi connectivity index (χ1v) is 7.97. The molecule has 8 nitrogen and oxygen atoms in total. The van der Waals surface area contributed by atoms with E-state index in [4.69, 9.17) is 0 Å². The second-order valence-corrected chi connectivity index (χ2v) is 5.83. The summed E-state index contributed by atoms with van der Waals surface area (Å²) in [6.45, 7) is 2.01. The van der Waals surface area contributed by atoms with Gasteiger partial charge in [-0.2, -0.15) is 5.10 Å². The van der Waals surface area contributed by atoms with Gasteiger partial charge in [-0.15, -0.1) is 0 Å². The molecule has 9 heteroatoms. The van der Waals surface area contributed by atoms with Crippen molar-refractivity contribution >= 4 is 11.6 Å². The maximum absolute atomic E-state index is 13.5. The normalized spacial score (nSPS) is 17.5. The Bertz CT molecular complexity index is 779. The van der Waals surface area contributed by atoms with Crippen LogP contribution >= 0.6 is 0 Å². The molecule has 1 atom stereocenters. The van der Waals surface area contributed by atoms with Crippen molar-refractivity contribution in [3.05, 3.63) is 58.2 Å². The molecule has 0 aliphatic carbocycles. The van der Waals surface area contributed by atoms with Crippen molar-refractivity contribution in [1.29, 1.82) is 0 Å². The molecule has 0 spiro atoms. The third-order valence-corrected chi connectivity index (χ3v) is 4.18. The second kappa shape index (κ2) is 7.39. The number of halogens is 1. The second-order valence-electron chi connectivity index (χ2n) is 5.83. The molecule has 1 saturated heterocycles. The van der Waals surface area contributed by atoms with Crippen LogP contribution in [0.1, 0.15) is 18.0 Å². The monoisotopic (exact) mass is 347 g/mol. The van der Waals surface area contributed by atoms with Crippen molar-refractivity contribution in [2.45, 2.75) is 19.0 Å². The minimum absolute atomic E-state index is 0.0890. The van der Waals surface area contributed by atoms with Gasteiger partial charge in [0.05, 0.1) is 11.0 Å². The zero-order chi connectivity index (χ0) is 17.8. The summed E-state index contributed by atoms with van der Waals surface area (Å²) >= 11 is 0. The summed E-state index contributed by atoms with van der Waals surface area (Å²) in [5.41, 5.74) is 0.641. The highest BCUT2D eigenvalue weighted by molar-refractivity contribution is 5.76. The molecule has 1 aromatic carbocycles. The van der Waals surface area contributed by atoms with Crippen LogP contribution in [-0.4, -0.2) is 45.1 Å². The quantitative estimate of drug-likeness (QED) is 0.653. The van der Waals surface area contributed by atoms with Crippen LogP contribution in [0.25, 0.3) is 0 Å². The highest BCUT2D eigenvalue weighted by Gasteiger charge is 2.27. The van der Waals surface area contributed by atoms with Gasteiger partial charge in [-0.3, -0.25) is 19.6 Å². The Kier molecular flexibility index (Phi) is 5.03. The van der Waals surface area contributed by atoms with Gasteiger partial charge in [0.1, 0.15) is 18.2 Å². The number of nitro groups is 1. The Labute approximate surface area is 143 Å². The van der Waals surface area contributed by atoms with Crippen LogP contribution in [0, 0.1) is 15.9 Å². The van der Waals surface area contributed by atoms with Gasteiger partial charge in [-0.25, -0.2) is 4.39 Å². The van der Waals surface area contributed by atoms with Gasteiger partial charge >= 0.3 is 5.69 Å². The van der Waals surface area contributed by atoms with E-state index in [0.717, 1.165) is 11.8 Å².